The molecule has 1 aromatic heterocycles. The number of nitrogens with one attached hydrogen (secondary N) is 1. The van der Waals surface area contributed by atoms with Gasteiger partial charge >= 0.3 is 0 Å². The fraction of sp³-hybridized carbons (Fsp3) is 0.500. The molecule has 3 heterocycles. The van der Waals surface area contributed by atoms with E-state index >= 15 is 0 Å². The zero-order valence-corrected chi connectivity index (χ0v) is 19.7. The Morgan fingerprint density at radius 1 is 1.00 bits per heavy atom. The normalized spacial score (nSPS) is 20.0. The van der Waals surface area contributed by atoms with Crippen molar-refractivity contribution in [3.8, 4) is 0 Å². The van der Waals surface area contributed by atoms with Gasteiger partial charge in [-0.15, -0.1) is 0 Å². The predicted octanol–water partition coefficient (Wildman–Crippen LogP) is 2.95. The summed E-state index contributed by atoms with van der Waals surface area (Å²) in [6.07, 6.45) is 5.92. The molecule has 5 rings (SSSR count). The average molecular weight is 471 g/mol. The Kier molecular flexibility index (Phi) is 5.78. The third-order valence-electron chi connectivity index (χ3n) is 7.07. The number of morpholine rings is 1. The second kappa shape index (κ2) is 8.61. The third kappa shape index (κ3) is 4.84. The van der Waals surface area contributed by atoms with Gasteiger partial charge in [-0.2, -0.15) is 0 Å². The van der Waals surface area contributed by atoms with E-state index < -0.39 is 9.84 Å². The van der Waals surface area contributed by atoms with E-state index in [1.165, 1.54) is 25.2 Å². The van der Waals surface area contributed by atoms with Crippen LogP contribution in [-0.2, 0) is 14.6 Å². The van der Waals surface area contributed by atoms with Gasteiger partial charge in [0.05, 0.1) is 29.4 Å². The first-order valence-electron chi connectivity index (χ1n) is 11.5. The zero-order valence-electron chi connectivity index (χ0n) is 18.9. The van der Waals surface area contributed by atoms with Crippen LogP contribution in [0.3, 0.4) is 0 Å². The highest BCUT2D eigenvalue weighted by Gasteiger charge is 2.44. The first-order valence-corrected chi connectivity index (χ1v) is 13.4. The summed E-state index contributed by atoms with van der Waals surface area (Å²) in [5, 5.41) is 2.92. The van der Waals surface area contributed by atoms with Crippen molar-refractivity contribution in [2.24, 2.45) is 5.41 Å². The van der Waals surface area contributed by atoms with E-state index in [-0.39, 0.29) is 10.8 Å². The van der Waals surface area contributed by atoms with Crippen LogP contribution >= 0.6 is 0 Å². The van der Waals surface area contributed by atoms with Crippen LogP contribution in [0.25, 0.3) is 0 Å². The van der Waals surface area contributed by atoms with Crippen LogP contribution in [-0.4, -0.2) is 65.0 Å². The summed E-state index contributed by atoms with van der Waals surface area (Å²) in [4.78, 5) is 22.4. The number of pyridine rings is 1. The van der Waals surface area contributed by atoms with Gasteiger partial charge < -0.3 is 19.9 Å². The number of amides is 1. The summed E-state index contributed by atoms with van der Waals surface area (Å²) >= 11 is 0. The molecule has 0 radical (unpaired) electrons. The zero-order chi connectivity index (χ0) is 23.1. The van der Waals surface area contributed by atoms with Crippen LogP contribution in [0.2, 0.25) is 0 Å². The van der Waals surface area contributed by atoms with Crippen molar-refractivity contribution < 1.29 is 17.9 Å². The minimum atomic E-state index is -3.38. The summed E-state index contributed by atoms with van der Waals surface area (Å²) in [7, 11) is -3.38. The number of ether oxygens (including phenoxy) is 1. The lowest BCUT2D eigenvalue weighted by Gasteiger charge is -2.35. The maximum Gasteiger partial charge on any atom is 0.258 e. The van der Waals surface area contributed by atoms with Gasteiger partial charge in [-0.25, -0.2) is 13.4 Å². The standard InChI is InChI=1S/C24H30N4O4S/c1-33(30,31)18-5-6-19(20(17-18)27-11-9-24(7-8-24)10-12-27)23(29)26-21-3-2-4-22(25-21)28-13-15-32-16-14-28/h2-6,17H,7-16H2,1H3,(H,25,26,29). The molecule has 1 aromatic carbocycles. The van der Waals surface area contributed by atoms with Crippen molar-refractivity contribution in [2.45, 2.75) is 30.6 Å². The maximum atomic E-state index is 13.3. The van der Waals surface area contributed by atoms with Crippen molar-refractivity contribution in [1.29, 1.82) is 0 Å². The fourth-order valence-electron chi connectivity index (χ4n) is 4.74. The van der Waals surface area contributed by atoms with Crippen molar-refractivity contribution >= 4 is 33.1 Å². The largest absolute Gasteiger partial charge is 0.378 e. The molecule has 1 aliphatic carbocycles. The third-order valence-corrected chi connectivity index (χ3v) is 8.19. The Labute approximate surface area is 194 Å². The smallest absolute Gasteiger partial charge is 0.258 e. The SMILES string of the molecule is CS(=O)(=O)c1ccc(C(=O)Nc2cccc(N3CCOCC3)n2)c(N2CCC3(CC2)CC3)c1. The highest BCUT2D eigenvalue weighted by atomic mass is 32.2. The lowest BCUT2D eigenvalue weighted by molar-refractivity contribution is 0.102. The maximum absolute atomic E-state index is 13.3. The first kappa shape index (κ1) is 22.2. The molecule has 0 unspecified atom stereocenters. The molecule has 3 aliphatic rings. The van der Waals surface area contributed by atoms with E-state index in [1.807, 2.05) is 12.1 Å². The predicted molar refractivity (Wildman–Crippen MR) is 128 cm³/mol. The molecule has 2 aromatic rings. The Bertz CT molecular complexity index is 1150. The number of carbonyl (C=O) groups is 1. The second-order valence-corrected chi connectivity index (χ2v) is 11.4. The number of rotatable bonds is 5. The van der Waals surface area contributed by atoms with Gasteiger partial charge in [0.1, 0.15) is 11.6 Å². The number of sulfone groups is 1. The summed E-state index contributed by atoms with van der Waals surface area (Å²) in [6.45, 7) is 4.50. The van der Waals surface area contributed by atoms with Crippen molar-refractivity contribution in [2.75, 3.05) is 60.8 Å². The fourth-order valence-corrected chi connectivity index (χ4v) is 5.38. The molecule has 1 spiro atoms. The molecule has 1 amide bonds. The van der Waals surface area contributed by atoms with Gasteiger partial charge in [0.15, 0.2) is 9.84 Å². The van der Waals surface area contributed by atoms with Crippen LogP contribution in [0.5, 0.6) is 0 Å². The first-order chi connectivity index (χ1) is 15.8. The molecular formula is C24H30N4O4S. The highest BCUT2D eigenvalue weighted by Crippen LogP contribution is 2.54. The lowest BCUT2D eigenvalue weighted by atomic mass is 9.93. The number of carbonyl (C=O) groups excluding carboxylic acids is 1. The van der Waals surface area contributed by atoms with Crippen LogP contribution < -0.4 is 15.1 Å². The number of aromatic nitrogens is 1. The Hall–Kier alpha value is -2.65. The van der Waals surface area contributed by atoms with Crippen LogP contribution in [0.15, 0.2) is 41.3 Å². The van der Waals surface area contributed by atoms with Gasteiger partial charge in [0, 0.05) is 32.4 Å². The highest BCUT2D eigenvalue weighted by molar-refractivity contribution is 7.90. The Morgan fingerprint density at radius 2 is 1.73 bits per heavy atom. The Morgan fingerprint density at radius 3 is 2.39 bits per heavy atom. The van der Waals surface area contributed by atoms with Crippen LogP contribution in [0.4, 0.5) is 17.3 Å². The van der Waals surface area contributed by atoms with Crippen LogP contribution in [0.1, 0.15) is 36.0 Å². The molecule has 8 nitrogen and oxygen atoms in total. The number of nitrogens with zero attached hydrogens (tertiary/aromatic N) is 3. The summed E-state index contributed by atoms with van der Waals surface area (Å²) < 4.78 is 29.8. The van der Waals surface area contributed by atoms with Crippen molar-refractivity contribution in [3.05, 3.63) is 42.0 Å². The molecule has 3 fully saturated rings. The quantitative estimate of drug-likeness (QED) is 0.718. The van der Waals surface area contributed by atoms with E-state index in [0.717, 1.165) is 44.8 Å². The molecule has 1 N–H and O–H groups in total. The molecule has 2 aliphatic heterocycles. The summed E-state index contributed by atoms with van der Waals surface area (Å²) in [5.74, 6) is 0.982. The van der Waals surface area contributed by atoms with Crippen LogP contribution in [0, 0.1) is 5.41 Å². The molecule has 9 heteroatoms. The number of piperidine rings is 1. The molecule has 2 saturated heterocycles. The minimum absolute atomic E-state index is 0.230. The topological polar surface area (TPSA) is 91.8 Å². The summed E-state index contributed by atoms with van der Waals surface area (Å²) in [5.41, 5.74) is 1.62. The molecule has 0 bridgehead atoms. The Balaban J connectivity index is 1.40. The van der Waals surface area contributed by atoms with Crippen molar-refractivity contribution in [1.82, 2.24) is 4.98 Å². The van der Waals surface area contributed by atoms with E-state index in [0.29, 0.717) is 35.7 Å². The van der Waals surface area contributed by atoms with E-state index in [2.05, 4.69) is 20.1 Å². The van der Waals surface area contributed by atoms with E-state index in [1.54, 1.807) is 18.2 Å². The molecule has 1 saturated carbocycles. The monoisotopic (exact) mass is 470 g/mol. The number of anilines is 3. The number of hydrogen-bond acceptors (Lipinski definition) is 7. The average Bonchev–Trinajstić information content (AvgIpc) is 3.58. The number of benzene rings is 1. The van der Waals surface area contributed by atoms with Gasteiger partial charge in [0.2, 0.25) is 0 Å². The van der Waals surface area contributed by atoms with Gasteiger partial charge in [-0.05, 0) is 61.4 Å². The van der Waals surface area contributed by atoms with Gasteiger partial charge in [0.25, 0.3) is 5.91 Å². The molecule has 176 valence electrons. The van der Waals surface area contributed by atoms with E-state index in [4.69, 9.17) is 4.74 Å². The minimum Gasteiger partial charge on any atom is -0.378 e. The number of hydrogen-bond donors (Lipinski definition) is 1. The van der Waals surface area contributed by atoms with Crippen molar-refractivity contribution in [3.63, 3.8) is 0 Å². The molecular weight excluding hydrogens is 440 g/mol. The van der Waals surface area contributed by atoms with E-state index in [9.17, 15) is 13.2 Å². The molecule has 33 heavy (non-hydrogen) atoms. The van der Waals surface area contributed by atoms with Gasteiger partial charge in [-0.1, -0.05) is 6.07 Å². The van der Waals surface area contributed by atoms with Gasteiger partial charge in [-0.3, -0.25) is 4.79 Å². The molecule has 0 atom stereocenters. The second-order valence-electron chi connectivity index (χ2n) is 9.37. The summed E-state index contributed by atoms with van der Waals surface area (Å²) in [6, 6.07) is 10.3. The lowest BCUT2D eigenvalue weighted by Crippen LogP contribution is -2.37.